The van der Waals surface area contributed by atoms with Gasteiger partial charge in [0.2, 0.25) is 5.91 Å². The molecule has 0 radical (unpaired) electrons. The molecule has 3 N–H and O–H groups in total. The van der Waals surface area contributed by atoms with Gasteiger partial charge < -0.3 is 15.8 Å². The van der Waals surface area contributed by atoms with Crippen LogP contribution in [-0.4, -0.2) is 24.1 Å². The average molecular weight is 306 g/mol. The van der Waals surface area contributed by atoms with Crippen molar-refractivity contribution in [2.24, 2.45) is 11.7 Å². The summed E-state index contributed by atoms with van der Waals surface area (Å²) in [6, 6.07) is 7.23. The van der Waals surface area contributed by atoms with Crippen molar-refractivity contribution in [3.8, 4) is 0 Å². The Labute approximate surface area is 131 Å². The van der Waals surface area contributed by atoms with Crippen molar-refractivity contribution in [2.75, 3.05) is 18.5 Å². The van der Waals surface area contributed by atoms with E-state index in [1.165, 1.54) is 19.3 Å². The number of nitrogens with two attached hydrogens (primary N) is 1. The highest BCUT2D eigenvalue weighted by molar-refractivity contribution is 7.80. The number of benzene rings is 1. The van der Waals surface area contributed by atoms with E-state index in [9.17, 15) is 4.79 Å². The number of ether oxygens (including phenoxy) is 1. The Bertz CT molecular complexity index is 501. The van der Waals surface area contributed by atoms with Crippen LogP contribution in [0.2, 0.25) is 0 Å². The highest BCUT2D eigenvalue weighted by atomic mass is 32.1. The molecule has 21 heavy (non-hydrogen) atoms. The molecular weight excluding hydrogens is 284 g/mol. The zero-order valence-corrected chi connectivity index (χ0v) is 13.0. The van der Waals surface area contributed by atoms with Gasteiger partial charge >= 0.3 is 0 Å². The van der Waals surface area contributed by atoms with Gasteiger partial charge in [-0.05, 0) is 24.5 Å². The number of nitrogens with one attached hydrogen (secondary N) is 1. The van der Waals surface area contributed by atoms with Gasteiger partial charge in [-0.15, -0.1) is 0 Å². The van der Waals surface area contributed by atoms with Crippen LogP contribution in [0.15, 0.2) is 24.3 Å². The van der Waals surface area contributed by atoms with E-state index >= 15 is 0 Å². The number of carbonyl (C=O) groups is 1. The van der Waals surface area contributed by atoms with E-state index in [1.807, 2.05) is 18.2 Å². The third-order valence-corrected chi connectivity index (χ3v) is 4.04. The van der Waals surface area contributed by atoms with Gasteiger partial charge in [0.05, 0.1) is 13.0 Å². The topological polar surface area (TPSA) is 64.3 Å². The van der Waals surface area contributed by atoms with Crippen LogP contribution in [0, 0.1) is 5.92 Å². The molecule has 0 atom stereocenters. The molecule has 0 saturated heterocycles. The minimum Gasteiger partial charge on any atom is -0.389 e. The quantitative estimate of drug-likeness (QED) is 0.572. The fraction of sp³-hybridized carbons (Fsp3) is 0.500. The van der Waals surface area contributed by atoms with E-state index < -0.39 is 0 Å². The highest BCUT2D eigenvalue weighted by Crippen LogP contribution is 2.29. The first-order valence-electron chi connectivity index (χ1n) is 7.42. The van der Waals surface area contributed by atoms with Gasteiger partial charge in [-0.2, -0.15) is 0 Å². The molecule has 0 heterocycles. The Morgan fingerprint density at radius 1 is 1.38 bits per heavy atom. The lowest BCUT2D eigenvalue weighted by Gasteiger charge is -2.24. The number of thiocarbonyl (C=S) groups is 1. The Morgan fingerprint density at radius 2 is 2.19 bits per heavy atom. The summed E-state index contributed by atoms with van der Waals surface area (Å²) in [5, 5.41) is 2.83. The Kier molecular flexibility index (Phi) is 6.14. The Hall–Kier alpha value is -1.46. The van der Waals surface area contributed by atoms with E-state index in [1.54, 1.807) is 6.07 Å². The lowest BCUT2D eigenvalue weighted by molar-refractivity contribution is -0.117. The second-order valence-corrected chi connectivity index (χ2v) is 5.88. The minimum atomic E-state index is -0.0567. The van der Waals surface area contributed by atoms with Gasteiger partial charge in [0, 0.05) is 17.9 Å². The molecule has 5 heteroatoms. The summed E-state index contributed by atoms with van der Waals surface area (Å²) in [5.41, 5.74) is 7.02. The molecule has 114 valence electrons. The molecule has 1 aliphatic rings. The Morgan fingerprint density at radius 3 is 2.86 bits per heavy atom. The largest absolute Gasteiger partial charge is 0.389 e. The first kappa shape index (κ1) is 15.9. The third kappa shape index (κ3) is 5.44. The molecule has 2 rings (SSSR count). The fourth-order valence-electron chi connectivity index (χ4n) is 2.27. The number of hydrogen-bond donors (Lipinski definition) is 2. The second-order valence-electron chi connectivity index (χ2n) is 5.44. The average Bonchev–Trinajstić information content (AvgIpc) is 2.41. The van der Waals surface area contributed by atoms with Gasteiger partial charge in [-0.25, -0.2) is 0 Å². The first-order valence-corrected chi connectivity index (χ1v) is 7.83. The number of hydrogen-bond acceptors (Lipinski definition) is 3. The molecule has 1 aromatic rings. The monoisotopic (exact) mass is 306 g/mol. The first-order chi connectivity index (χ1) is 10.1. The van der Waals surface area contributed by atoms with E-state index in [0.29, 0.717) is 23.7 Å². The van der Waals surface area contributed by atoms with Crippen LogP contribution in [0.25, 0.3) is 0 Å². The zero-order chi connectivity index (χ0) is 15.1. The molecule has 1 aromatic carbocycles. The van der Waals surface area contributed by atoms with Crippen LogP contribution in [0.3, 0.4) is 0 Å². The summed E-state index contributed by atoms with van der Waals surface area (Å²) in [5.74, 6) is 0.792. The lowest BCUT2D eigenvalue weighted by Crippen LogP contribution is -2.17. The van der Waals surface area contributed by atoms with Crippen LogP contribution >= 0.6 is 12.2 Å². The van der Waals surface area contributed by atoms with Gasteiger partial charge in [0.25, 0.3) is 0 Å². The van der Waals surface area contributed by atoms with Crippen LogP contribution in [-0.2, 0) is 9.53 Å². The van der Waals surface area contributed by atoms with Crippen molar-refractivity contribution in [1.29, 1.82) is 0 Å². The van der Waals surface area contributed by atoms with Gasteiger partial charge in [-0.3, -0.25) is 4.79 Å². The normalized spacial score (nSPS) is 14.5. The molecule has 0 aliphatic heterocycles. The van der Waals surface area contributed by atoms with E-state index in [2.05, 4.69) is 5.32 Å². The highest BCUT2D eigenvalue weighted by Gasteiger charge is 2.16. The van der Waals surface area contributed by atoms with Crippen molar-refractivity contribution < 1.29 is 9.53 Å². The maximum Gasteiger partial charge on any atom is 0.226 e. The number of anilines is 1. The molecule has 1 fully saturated rings. The maximum atomic E-state index is 11.8. The van der Waals surface area contributed by atoms with E-state index in [4.69, 9.17) is 22.7 Å². The SMILES string of the molecule is NC(=S)c1cccc(NC(=O)CCOCCC2CCC2)c1. The second kappa shape index (κ2) is 8.10. The number of rotatable bonds is 8. The molecule has 0 bridgehead atoms. The van der Waals surface area contributed by atoms with Gasteiger partial charge in [-0.1, -0.05) is 43.6 Å². The zero-order valence-electron chi connectivity index (χ0n) is 12.1. The summed E-state index contributed by atoms with van der Waals surface area (Å²) in [7, 11) is 0. The van der Waals surface area contributed by atoms with Crippen LogP contribution < -0.4 is 11.1 Å². The van der Waals surface area contributed by atoms with Crippen molar-refractivity contribution in [3.05, 3.63) is 29.8 Å². The number of amides is 1. The molecule has 4 nitrogen and oxygen atoms in total. The molecule has 1 amide bonds. The summed E-state index contributed by atoms with van der Waals surface area (Å²) in [6.07, 6.45) is 5.52. The molecule has 1 aliphatic carbocycles. The number of carbonyl (C=O) groups excluding carboxylic acids is 1. The van der Waals surface area contributed by atoms with Crippen LogP contribution in [0.1, 0.15) is 37.7 Å². The predicted molar refractivity (Wildman–Crippen MR) is 88.4 cm³/mol. The standard InChI is InChI=1S/C16H22N2O2S/c17-16(21)13-5-2-6-14(11-13)18-15(19)8-10-20-9-7-12-3-1-4-12/h2,5-6,11-12H,1,3-4,7-10H2,(H2,17,21)(H,18,19). The van der Waals surface area contributed by atoms with Gasteiger partial charge in [0.1, 0.15) is 4.99 Å². The fourth-order valence-corrected chi connectivity index (χ4v) is 2.40. The summed E-state index contributed by atoms with van der Waals surface area (Å²) < 4.78 is 5.51. The molecular formula is C16H22N2O2S. The summed E-state index contributed by atoms with van der Waals surface area (Å²) in [4.78, 5) is 12.1. The van der Waals surface area contributed by atoms with Crippen molar-refractivity contribution in [1.82, 2.24) is 0 Å². The predicted octanol–water partition coefficient (Wildman–Crippen LogP) is 2.86. The van der Waals surface area contributed by atoms with E-state index in [-0.39, 0.29) is 5.91 Å². The lowest BCUT2D eigenvalue weighted by atomic mass is 9.83. The Balaban J connectivity index is 1.64. The summed E-state index contributed by atoms with van der Waals surface area (Å²) in [6.45, 7) is 1.22. The summed E-state index contributed by atoms with van der Waals surface area (Å²) >= 11 is 4.92. The van der Waals surface area contributed by atoms with Crippen molar-refractivity contribution in [3.63, 3.8) is 0 Å². The maximum absolute atomic E-state index is 11.8. The van der Waals surface area contributed by atoms with Gasteiger partial charge in [0.15, 0.2) is 0 Å². The third-order valence-electron chi connectivity index (χ3n) is 3.80. The molecule has 0 aromatic heterocycles. The van der Waals surface area contributed by atoms with Crippen molar-refractivity contribution in [2.45, 2.75) is 32.1 Å². The van der Waals surface area contributed by atoms with E-state index in [0.717, 1.165) is 24.5 Å². The molecule has 0 spiro atoms. The molecule has 1 saturated carbocycles. The van der Waals surface area contributed by atoms with Crippen molar-refractivity contribution >= 4 is 28.8 Å². The van der Waals surface area contributed by atoms with Crippen LogP contribution in [0.5, 0.6) is 0 Å². The van der Waals surface area contributed by atoms with Crippen LogP contribution in [0.4, 0.5) is 5.69 Å². The molecule has 0 unspecified atom stereocenters. The minimum absolute atomic E-state index is 0.0567. The smallest absolute Gasteiger partial charge is 0.226 e.